The quantitative estimate of drug-likeness (QED) is 0.328. The van der Waals surface area contributed by atoms with Crippen LogP contribution in [0.25, 0.3) is 0 Å². The number of amides is 1. The number of carbonyl (C=O) groups is 1. The molecule has 1 aliphatic carbocycles. The number of carbonyl (C=O) groups excluding carboxylic acids is 1. The Morgan fingerprint density at radius 1 is 1.44 bits per heavy atom. The van der Waals surface area contributed by atoms with E-state index in [1.54, 1.807) is 24.3 Å². The minimum atomic E-state index is -0.0158. The summed E-state index contributed by atoms with van der Waals surface area (Å²) in [4.78, 5) is 11.8. The third kappa shape index (κ3) is 2.80. The van der Waals surface area contributed by atoms with E-state index in [-0.39, 0.29) is 11.7 Å². The number of hydrogen-bond acceptors (Lipinski definition) is 3. The number of anilines is 1. The first kappa shape index (κ1) is 12.4. The van der Waals surface area contributed by atoms with E-state index >= 15 is 0 Å². The fourth-order valence-electron chi connectivity index (χ4n) is 2.03. The van der Waals surface area contributed by atoms with Crippen LogP contribution in [0.5, 0.6) is 0 Å². The molecule has 96 valence electrons. The van der Waals surface area contributed by atoms with Gasteiger partial charge in [0.25, 0.3) is 0 Å². The van der Waals surface area contributed by atoms with Crippen molar-refractivity contribution in [3.8, 4) is 0 Å². The monoisotopic (exact) mass is 247 g/mol. The fraction of sp³-hybridized carbons (Fsp3) is 0.385. The highest BCUT2D eigenvalue weighted by atomic mass is 16.4. The molecule has 1 fully saturated rings. The molecule has 0 atom stereocenters. The Balaban J connectivity index is 2.05. The third-order valence-electron chi connectivity index (χ3n) is 3.28. The summed E-state index contributed by atoms with van der Waals surface area (Å²) in [7, 11) is 0. The Morgan fingerprint density at radius 2 is 2.17 bits per heavy atom. The van der Waals surface area contributed by atoms with E-state index in [9.17, 15) is 4.79 Å². The Kier molecular flexibility index (Phi) is 3.82. The molecule has 0 spiro atoms. The zero-order valence-electron chi connectivity index (χ0n) is 10.1. The molecule has 0 heterocycles. The largest absolute Gasteiger partial charge is 0.409 e. The maximum Gasteiger partial charge on any atom is 0.224 e. The van der Waals surface area contributed by atoms with Gasteiger partial charge in [0.15, 0.2) is 5.84 Å². The van der Waals surface area contributed by atoms with Crippen LogP contribution in [-0.4, -0.2) is 17.0 Å². The van der Waals surface area contributed by atoms with Crippen LogP contribution in [0, 0.1) is 5.92 Å². The molecule has 1 saturated carbocycles. The molecule has 1 aromatic carbocycles. The van der Waals surface area contributed by atoms with Crippen molar-refractivity contribution in [2.75, 3.05) is 5.32 Å². The highest BCUT2D eigenvalue weighted by Gasteiger charge is 2.21. The van der Waals surface area contributed by atoms with Gasteiger partial charge in [0.2, 0.25) is 5.91 Å². The lowest BCUT2D eigenvalue weighted by atomic mass is 9.83. The van der Waals surface area contributed by atoms with Gasteiger partial charge in [-0.1, -0.05) is 23.7 Å². The van der Waals surface area contributed by atoms with Crippen molar-refractivity contribution in [2.24, 2.45) is 16.8 Å². The molecule has 1 aromatic rings. The molecule has 2 rings (SSSR count). The van der Waals surface area contributed by atoms with E-state index < -0.39 is 0 Å². The summed E-state index contributed by atoms with van der Waals surface area (Å²) in [6, 6.07) is 7.02. The number of oxime groups is 1. The van der Waals surface area contributed by atoms with Gasteiger partial charge in [0, 0.05) is 12.0 Å². The Hall–Kier alpha value is -2.04. The lowest BCUT2D eigenvalue weighted by Gasteiger charge is -2.24. The molecule has 5 nitrogen and oxygen atoms in total. The molecule has 0 unspecified atom stereocenters. The van der Waals surface area contributed by atoms with Crippen LogP contribution in [0.15, 0.2) is 29.4 Å². The van der Waals surface area contributed by atoms with Crippen molar-refractivity contribution in [2.45, 2.75) is 25.7 Å². The summed E-state index contributed by atoms with van der Waals surface area (Å²) in [6.45, 7) is 0. The highest BCUT2D eigenvalue weighted by Crippen LogP contribution is 2.29. The zero-order chi connectivity index (χ0) is 13.0. The van der Waals surface area contributed by atoms with Gasteiger partial charge in [0.1, 0.15) is 0 Å². The van der Waals surface area contributed by atoms with Gasteiger partial charge in [0.05, 0.1) is 5.69 Å². The zero-order valence-corrected chi connectivity index (χ0v) is 10.1. The van der Waals surface area contributed by atoms with Crippen LogP contribution in [0.3, 0.4) is 0 Å². The maximum atomic E-state index is 11.8. The molecule has 5 heteroatoms. The number of benzene rings is 1. The first-order chi connectivity index (χ1) is 8.70. The predicted molar refractivity (Wildman–Crippen MR) is 69.5 cm³/mol. The van der Waals surface area contributed by atoms with Crippen LogP contribution < -0.4 is 11.1 Å². The van der Waals surface area contributed by atoms with Gasteiger partial charge in [-0.25, -0.2) is 0 Å². The molecule has 0 aromatic heterocycles. The van der Waals surface area contributed by atoms with Crippen molar-refractivity contribution in [3.05, 3.63) is 29.8 Å². The van der Waals surface area contributed by atoms with Gasteiger partial charge < -0.3 is 16.3 Å². The molecule has 18 heavy (non-hydrogen) atoms. The summed E-state index contributed by atoms with van der Waals surface area (Å²) in [5.74, 6) is 0.494. The second kappa shape index (κ2) is 5.53. The van der Waals surface area contributed by atoms with E-state index in [1.165, 1.54) is 6.42 Å². The first-order valence-electron chi connectivity index (χ1n) is 6.07. The number of nitrogens with one attached hydrogen (secondary N) is 1. The average molecular weight is 247 g/mol. The second-order valence-corrected chi connectivity index (χ2v) is 4.58. The molecule has 0 saturated heterocycles. The Bertz CT molecular complexity index is 467. The van der Waals surface area contributed by atoms with Crippen molar-refractivity contribution in [3.63, 3.8) is 0 Å². The Morgan fingerprint density at radius 3 is 2.78 bits per heavy atom. The topological polar surface area (TPSA) is 87.7 Å². The van der Waals surface area contributed by atoms with E-state index in [0.29, 0.717) is 23.6 Å². The van der Waals surface area contributed by atoms with E-state index in [2.05, 4.69) is 10.5 Å². The maximum absolute atomic E-state index is 11.8. The van der Waals surface area contributed by atoms with Crippen LogP contribution >= 0.6 is 0 Å². The van der Waals surface area contributed by atoms with Crippen molar-refractivity contribution in [1.29, 1.82) is 0 Å². The van der Waals surface area contributed by atoms with E-state index in [4.69, 9.17) is 10.9 Å². The molecular formula is C13H17N3O2. The molecule has 0 bridgehead atoms. The van der Waals surface area contributed by atoms with Gasteiger partial charge in [-0.3, -0.25) is 4.79 Å². The summed E-state index contributed by atoms with van der Waals surface area (Å²) in [5.41, 5.74) is 6.67. The Labute approximate surface area is 106 Å². The third-order valence-corrected chi connectivity index (χ3v) is 3.28. The summed E-state index contributed by atoms with van der Waals surface area (Å²) < 4.78 is 0. The van der Waals surface area contributed by atoms with E-state index in [0.717, 1.165) is 12.8 Å². The van der Waals surface area contributed by atoms with Crippen LogP contribution in [0.4, 0.5) is 5.69 Å². The summed E-state index contributed by atoms with van der Waals surface area (Å²) >= 11 is 0. The summed E-state index contributed by atoms with van der Waals surface area (Å²) in [5, 5.41) is 14.5. The molecule has 1 aliphatic rings. The number of nitrogens with two attached hydrogens (primary N) is 1. The fourth-order valence-corrected chi connectivity index (χ4v) is 2.03. The normalized spacial score (nSPS) is 16.1. The van der Waals surface area contributed by atoms with Crippen molar-refractivity contribution >= 4 is 17.4 Å². The molecular weight excluding hydrogens is 230 g/mol. The number of para-hydroxylation sites is 1. The number of nitrogens with zero attached hydrogens (tertiary/aromatic N) is 1. The number of amidine groups is 1. The first-order valence-corrected chi connectivity index (χ1v) is 6.07. The lowest BCUT2D eigenvalue weighted by Crippen LogP contribution is -2.23. The van der Waals surface area contributed by atoms with Gasteiger partial charge >= 0.3 is 0 Å². The molecule has 0 aliphatic heterocycles. The minimum Gasteiger partial charge on any atom is -0.409 e. The second-order valence-electron chi connectivity index (χ2n) is 4.58. The minimum absolute atomic E-state index is 0.00505. The van der Waals surface area contributed by atoms with Crippen LogP contribution in [0.2, 0.25) is 0 Å². The predicted octanol–water partition coefficient (Wildman–Crippen LogP) is 1.91. The molecule has 0 radical (unpaired) electrons. The van der Waals surface area contributed by atoms with Crippen LogP contribution in [-0.2, 0) is 4.79 Å². The van der Waals surface area contributed by atoms with Crippen molar-refractivity contribution in [1.82, 2.24) is 0 Å². The van der Waals surface area contributed by atoms with Gasteiger partial charge in [-0.15, -0.1) is 0 Å². The van der Waals surface area contributed by atoms with Crippen LogP contribution in [0.1, 0.15) is 31.2 Å². The van der Waals surface area contributed by atoms with E-state index in [1.807, 2.05) is 0 Å². The van der Waals surface area contributed by atoms with Gasteiger partial charge in [-0.05, 0) is 30.9 Å². The SMILES string of the molecule is N/C(=N/O)c1ccccc1NC(=O)CC1CCC1. The van der Waals surface area contributed by atoms with Gasteiger partial charge in [-0.2, -0.15) is 0 Å². The number of hydrogen-bond donors (Lipinski definition) is 3. The van der Waals surface area contributed by atoms with Crippen molar-refractivity contribution < 1.29 is 10.0 Å². The molecule has 4 N–H and O–H groups in total. The highest BCUT2D eigenvalue weighted by molar-refractivity contribution is 6.05. The standard InChI is InChI=1S/C13H17N3O2/c14-13(16-18)10-6-1-2-7-11(10)15-12(17)8-9-4-3-5-9/h1-2,6-7,9,18H,3-5,8H2,(H2,14,16)(H,15,17). The molecule has 1 amide bonds. The summed E-state index contributed by atoms with van der Waals surface area (Å²) in [6.07, 6.45) is 4.04. The number of rotatable bonds is 4. The smallest absolute Gasteiger partial charge is 0.224 e. The lowest BCUT2D eigenvalue weighted by molar-refractivity contribution is -0.117. The average Bonchev–Trinajstić information content (AvgIpc) is 2.34.